The molecule has 9 nitrogen and oxygen atoms in total. The Hall–Kier alpha value is -4.12. The van der Waals surface area contributed by atoms with Crippen LogP contribution in [0.3, 0.4) is 0 Å². The fourth-order valence-electron chi connectivity index (χ4n) is 3.44. The van der Waals surface area contributed by atoms with Gasteiger partial charge in [-0.15, -0.1) is 0 Å². The van der Waals surface area contributed by atoms with Crippen LogP contribution in [0.4, 0.5) is 8.78 Å². The summed E-state index contributed by atoms with van der Waals surface area (Å²) in [4.78, 5) is 16.8. The monoisotopic (exact) mass is 475 g/mol. The highest BCUT2D eigenvalue weighted by atomic mass is 19.3. The average molecular weight is 475 g/mol. The zero-order chi connectivity index (χ0) is 24.4. The van der Waals surface area contributed by atoms with Crippen molar-refractivity contribution in [3.05, 3.63) is 65.5 Å². The minimum Gasteiger partial charge on any atom is -0.508 e. The highest BCUT2D eigenvalue weighted by molar-refractivity contribution is 6.05. The summed E-state index contributed by atoms with van der Waals surface area (Å²) in [6.45, 7) is -3.23. The Morgan fingerprint density at radius 3 is 2.59 bits per heavy atom. The summed E-state index contributed by atoms with van der Waals surface area (Å²) >= 11 is 0. The molecule has 3 aromatic rings. The summed E-state index contributed by atoms with van der Waals surface area (Å²) in [6.07, 6.45) is -1.53. The molecule has 2 aromatic carbocycles. The van der Waals surface area contributed by atoms with Gasteiger partial charge in [0.05, 0.1) is 19.0 Å². The van der Waals surface area contributed by atoms with Crippen LogP contribution in [0, 0.1) is 0 Å². The number of methoxy groups -OCH3 is 1. The van der Waals surface area contributed by atoms with Crippen LogP contribution in [-0.4, -0.2) is 45.9 Å². The van der Waals surface area contributed by atoms with Crippen molar-refractivity contribution in [3.8, 4) is 34.5 Å². The molecular formula is C23H19F2NO8. The van der Waals surface area contributed by atoms with Gasteiger partial charge in [-0.2, -0.15) is 8.78 Å². The standard InChI is InChI=1S/C23H19F2NO8/c1-31-14-4-3-12(26-9-14)10-32-17-6-11(2-5-16(17)34-23(24)25)22-21(30)20(29)19-15(28)7-13(27)8-18(19)33-22/h2-9,21-23,27-28,30H,10H2,1H3. The number of carbonyl (C=O) groups is 1. The van der Waals surface area contributed by atoms with E-state index in [0.29, 0.717) is 11.4 Å². The predicted molar refractivity (Wildman–Crippen MR) is 112 cm³/mol. The highest BCUT2D eigenvalue weighted by Gasteiger charge is 2.39. The summed E-state index contributed by atoms with van der Waals surface area (Å²) in [5, 5.41) is 30.2. The summed E-state index contributed by atoms with van der Waals surface area (Å²) in [6, 6.07) is 9.14. The van der Waals surface area contributed by atoms with Gasteiger partial charge >= 0.3 is 6.61 Å². The first kappa shape index (κ1) is 23.1. The van der Waals surface area contributed by atoms with Crippen molar-refractivity contribution in [1.82, 2.24) is 4.98 Å². The number of carbonyl (C=O) groups excluding carboxylic acids is 1. The minimum absolute atomic E-state index is 0.107. The lowest BCUT2D eigenvalue weighted by molar-refractivity contribution is -0.0516. The number of aromatic nitrogens is 1. The minimum atomic E-state index is -3.12. The van der Waals surface area contributed by atoms with Crippen molar-refractivity contribution >= 4 is 5.78 Å². The molecule has 0 spiro atoms. The molecule has 0 amide bonds. The molecule has 0 saturated carbocycles. The van der Waals surface area contributed by atoms with E-state index in [1.165, 1.54) is 31.5 Å². The van der Waals surface area contributed by atoms with Crippen LogP contribution >= 0.6 is 0 Å². The molecule has 1 aliphatic heterocycles. The lowest BCUT2D eigenvalue weighted by Gasteiger charge is -2.30. The first-order valence-corrected chi connectivity index (χ1v) is 9.92. The molecule has 0 fully saturated rings. The van der Waals surface area contributed by atoms with Crippen molar-refractivity contribution in [2.24, 2.45) is 0 Å². The molecule has 4 rings (SSSR count). The normalized spacial score (nSPS) is 17.1. The van der Waals surface area contributed by atoms with Crippen LogP contribution in [0.15, 0.2) is 48.7 Å². The molecule has 2 unspecified atom stereocenters. The number of aliphatic hydroxyl groups is 1. The molecule has 2 atom stereocenters. The van der Waals surface area contributed by atoms with E-state index in [9.17, 15) is 28.9 Å². The number of hydrogen-bond acceptors (Lipinski definition) is 9. The van der Waals surface area contributed by atoms with Gasteiger partial charge in [-0.1, -0.05) is 6.07 Å². The topological polar surface area (TPSA) is 128 Å². The van der Waals surface area contributed by atoms with Gasteiger partial charge in [0.15, 0.2) is 23.7 Å². The van der Waals surface area contributed by atoms with Crippen LogP contribution < -0.4 is 18.9 Å². The molecule has 3 N–H and O–H groups in total. The van der Waals surface area contributed by atoms with Crippen molar-refractivity contribution in [2.45, 2.75) is 25.4 Å². The molecule has 11 heteroatoms. The van der Waals surface area contributed by atoms with Crippen molar-refractivity contribution in [3.63, 3.8) is 0 Å². The number of rotatable bonds is 7. The quantitative estimate of drug-likeness (QED) is 0.471. The van der Waals surface area contributed by atoms with Gasteiger partial charge in [-0.25, -0.2) is 0 Å². The number of ketones is 1. The summed E-state index contributed by atoms with van der Waals surface area (Å²) in [5.41, 5.74) is 0.396. The maximum Gasteiger partial charge on any atom is 0.387 e. The Morgan fingerprint density at radius 1 is 1.12 bits per heavy atom. The molecule has 0 aliphatic carbocycles. The molecule has 0 bridgehead atoms. The fourth-order valence-corrected chi connectivity index (χ4v) is 3.44. The number of aliphatic hydroxyl groups excluding tert-OH is 1. The van der Waals surface area contributed by atoms with Crippen LogP contribution in [0.5, 0.6) is 34.5 Å². The molecule has 1 aliphatic rings. The van der Waals surface area contributed by atoms with Gasteiger partial charge in [0.25, 0.3) is 0 Å². The number of aromatic hydroxyl groups is 2. The van der Waals surface area contributed by atoms with Crippen LogP contribution in [0.2, 0.25) is 0 Å². The lowest BCUT2D eigenvalue weighted by Crippen LogP contribution is -2.36. The molecule has 0 saturated heterocycles. The maximum absolute atomic E-state index is 12.9. The number of phenols is 2. The predicted octanol–water partition coefficient (Wildman–Crippen LogP) is 3.36. The van der Waals surface area contributed by atoms with Gasteiger partial charge < -0.3 is 34.3 Å². The Kier molecular flexibility index (Phi) is 6.37. The van der Waals surface area contributed by atoms with Gasteiger partial charge in [-0.05, 0) is 29.8 Å². The smallest absolute Gasteiger partial charge is 0.387 e. The Morgan fingerprint density at radius 2 is 1.91 bits per heavy atom. The van der Waals surface area contributed by atoms with Crippen LogP contribution in [0.25, 0.3) is 0 Å². The molecule has 34 heavy (non-hydrogen) atoms. The number of hydrogen-bond donors (Lipinski definition) is 3. The number of Topliss-reactive ketones (excluding diaryl/α,β-unsaturated/α-hetero) is 1. The van der Waals surface area contributed by atoms with Crippen LogP contribution in [0.1, 0.15) is 27.7 Å². The summed E-state index contributed by atoms with van der Waals surface area (Å²) in [5.74, 6) is -1.73. The fraction of sp³-hybridized carbons (Fsp3) is 0.217. The number of benzene rings is 2. The largest absolute Gasteiger partial charge is 0.508 e. The van der Waals surface area contributed by atoms with E-state index in [1.807, 2.05) is 0 Å². The molecular weight excluding hydrogens is 456 g/mol. The number of pyridine rings is 1. The van der Waals surface area contributed by atoms with Crippen molar-refractivity contribution in [2.75, 3.05) is 7.11 Å². The second-order valence-corrected chi connectivity index (χ2v) is 7.25. The van der Waals surface area contributed by atoms with Gasteiger partial charge in [0, 0.05) is 12.1 Å². The molecule has 178 valence electrons. The van der Waals surface area contributed by atoms with E-state index in [-0.39, 0.29) is 40.7 Å². The van der Waals surface area contributed by atoms with E-state index in [0.717, 1.165) is 12.1 Å². The van der Waals surface area contributed by atoms with E-state index >= 15 is 0 Å². The second-order valence-electron chi connectivity index (χ2n) is 7.25. The lowest BCUT2D eigenvalue weighted by atomic mass is 9.92. The van der Waals surface area contributed by atoms with Crippen molar-refractivity contribution in [1.29, 1.82) is 0 Å². The number of halogens is 2. The molecule has 2 heterocycles. The second kappa shape index (κ2) is 9.40. The van der Waals surface area contributed by atoms with Gasteiger partial charge in [-0.3, -0.25) is 9.78 Å². The Bertz CT molecular complexity index is 1200. The first-order valence-electron chi connectivity index (χ1n) is 9.92. The number of ether oxygens (including phenoxy) is 4. The Balaban J connectivity index is 1.64. The maximum atomic E-state index is 12.9. The van der Waals surface area contributed by atoms with Crippen molar-refractivity contribution < 1.29 is 47.8 Å². The number of alkyl halides is 2. The SMILES string of the molecule is COc1ccc(COc2cc(C3Oc4cc(O)cc(O)c4C(=O)C3O)ccc2OC(F)F)nc1. The zero-order valence-electron chi connectivity index (χ0n) is 17.6. The average Bonchev–Trinajstić information content (AvgIpc) is 2.80. The highest BCUT2D eigenvalue weighted by Crippen LogP contribution is 2.43. The number of fused-ring (bicyclic) bond motifs is 1. The van der Waals surface area contributed by atoms with E-state index in [4.69, 9.17) is 14.2 Å². The van der Waals surface area contributed by atoms with Gasteiger partial charge in [0.2, 0.25) is 5.78 Å². The zero-order valence-corrected chi connectivity index (χ0v) is 17.6. The number of phenolic OH excluding ortho intramolecular Hbond substituents is 2. The Labute approximate surface area is 191 Å². The van der Waals surface area contributed by atoms with Crippen LogP contribution in [-0.2, 0) is 6.61 Å². The third kappa shape index (κ3) is 4.64. The van der Waals surface area contributed by atoms with Gasteiger partial charge in [0.1, 0.15) is 35.2 Å². The van der Waals surface area contributed by atoms with E-state index < -0.39 is 30.4 Å². The summed E-state index contributed by atoms with van der Waals surface area (Å²) in [7, 11) is 1.49. The van der Waals surface area contributed by atoms with E-state index in [2.05, 4.69) is 9.72 Å². The summed E-state index contributed by atoms with van der Waals surface area (Å²) < 4.78 is 46.6. The molecule has 0 radical (unpaired) electrons. The molecule has 1 aromatic heterocycles. The third-order valence-electron chi connectivity index (χ3n) is 5.04. The van der Waals surface area contributed by atoms with E-state index in [1.54, 1.807) is 12.1 Å². The number of nitrogens with zero attached hydrogens (tertiary/aromatic N) is 1. The third-order valence-corrected chi connectivity index (χ3v) is 5.04. The first-order chi connectivity index (χ1) is 16.3.